The van der Waals surface area contributed by atoms with Crippen LogP contribution in [0.2, 0.25) is 0 Å². The van der Waals surface area contributed by atoms with E-state index in [2.05, 4.69) is 21.9 Å². The molecule has 6 heteroatoms. The molecular weight excluding hydrogens is 245 g/mol. The Morgan fingerprint density at radius 2 is 1.94 bits per heavy atom. The molecule has 0 aromatic heterocycles. The molecule has 1 heterocycles. The number of halogens is 3. The van der Waals surface area contributed by atoms with Gasteiger partial charge in [0.2, 0.25) is 0 Å². The highest BCUT2D eigenvalue weighted by Gasteiger charge is 2.27. The lowest BCUT2D eigenvalue weighted by atomic mass is 10.1. The van der Waals surface area contributed by atoms with E-state index < -0.39 is 12.8 Å². The Labute approximate surface area is 107 Å². The average molecular weight is 268 g/mol. The first-order chi connectivity index (χ1) is 8.47. The van der Waals surface area contributed by atoms with Gasteiger partial charge in [-0.15, -0.1) is 0 Å². The molecule has 0 bridgehead atoms. The minimum Gasteiger partial charge on any atom is -0.371 e. The number of hydrogen-bond donors (Lipinski definition) is 1. The maximum Gasteiger partial charge on any atom is 0.411 e. The monoisotopic (exact) mass is 268 g/mol. The van der Waals surface area contributed by atoms with Gasteiger partial charge in [0.05, 0.1) is 6.61 Å². The lowest BCUT2D eigenvalue weighted by Gasteiger charge is -2.20. The summed E-state index contributed by atoms with van der Waals surface area (Å²) in [5, 5.41) is 3.13. The highest BCUT2D eigenvalue weighted by Crippen LogP contribution is 2.14. The third kappa shape index (κ3) is 7.89. The maximum absolute atomic E-state index is 11.8. The van der Waals surface area contributed by atoms with Crippen LogP contribution < -0.4 is 5.32 Å². The molecule has 0 spiro atoms. The Bertz CT molecular complexity index is 218. The number of ether oxygens (including phenoxy) is 1. The third-order valence-electron chi connectivity index (χ3n) is 2.95. The zero-order valence-electron chi connectivity index (χ0n) is 10.9. The molecule has 1 fully saturated rings. The van der Waals surface area contributed by atoms with Crippen LogP contribution in [0.15, 0.2) is 0 Å². The normalized spacial score (nSPS) is 19.3. The largest absolute Gasteiger partial charge is 0.411 e. The first-order valence-electron chi connectivity index (χ1n) is 6.55. The first-order valence-corrected chi connectivity index (χ1v) is 6.55. The Morgan fingerprint density at radius 3 is 2.56 bits per heavy atom. The van der Waals surface area contributed by atoms with Crippen LogP contribution in [0, 0.1) is 5.92 Å². The quantitative estimate of drug-likeness (QED) is 0.680. The lowest BCUT2D eigenvalue weighted by Crippen LogP contribution is -2.33. The minimum atomic E-state index is -4.22. The van der Waals surface area contributed by atoms with Gasteiger partial charge in [-0.05, 0) is 38.4 Å². The molecule has 1 atom stereocenters. The molecule has 0 aliphatic carbocycles. The van der Waals surface area contributed by atoms with Gasteiger partial charge in [0.1, 0.15) is 6.61 Å². The molecule has 0 saturated carbocycles. The van der Waals surface area contributed by atoms with Crippen LogP contribution in [-0.4, -0.2) is 57.0 Å². The van der Waals surface area contributed by atoms with E-state index in [-0.39, 0.29) is 6.61 Å². The summed E-state index contributed by atoms with van der Waals surface area (Å²) in [5.74, 6) is 0.519. The van der Waals surface area contributed by atoms with Crippen molar-refractivity contribution in [1.29, 1.82) is 0 Å². The molecule has 1 aliphatic rings. The molecule has 1 rings (SSSR count). The van der Waals surface area contributed by atoms with Gasteiger partial charge in [-0.1, -0.05) is 6.92 Å². The Balaban J connectivity index is 1.90. The van der Waals surface area contributed by atoms with E-state index >= 15 is 0 Å². The molecule has 3 nitrogen and oxygen atoms in total. The molecular formula is C12H23F3N2O. The van der Waals surface area contributed by atoms with Crippen molar-refractivity contribution in [2.45, 2.75) is 25.9 Å². The SMILES string of the molecule is CC(CNCCOCC(F)(F)F)CN1CCCC1. The summed E-state index contributed by atoms with van der Waals surface area (Å²) in [6, 6.07) is 0. The summed E-state index contributed by atoms with van der Waals surface area (Å²) in [6.45, 7) is 5.83. The van der Waals surface area contributed by atoms with E-state index in [1.807, 2.05) is 0 Å². The fraction of sp³-hybridized carbons (Fsp3) is 1.00. The zero-order valence-corrected chi connectivity index (χ0v) is 10.9. The van der Waals surface area contributed by atoms with Crippen LogP contribution in [0.25, 0.3) is 0 Å². The zero-order chi connectivity index (χ0) is 13.4. The molecule has 1 aliphatic heterocycles. The van der Waals surface area contributed by atoms with Crippen LogP contribution in [0.5, 0.6) is 0 Å². The fourth-order valence-corrected chi connectivity index (χ4v) is 2.15. The molecule has 18 heavy (non-hydrogen) atoms. The van der Waals surface area contributed by atoms with Gasteiger partial charge in [0, 0.05) is 13.1 Å². The number of nitrogens with one attached hydrogen (secondary N) is 1. The number of hydrogen-bond acceptors (Lipinski definition) is 3. The highest BCUT2D eigenvalue weighted by molar-refractivity contribution is 4.69. The van der Waals surface area contributed by atoms with E-state index in [0.717, 1.165) is 13.1 Å². The third-order valence-corrected chi connectivity index (χ3v) is 2.95. The molecule has 0 aromatic rings. The predicted molar refractivity (Wildman–Crippen MR) is 64.6 cm³/mol. The second-order valence-electron chi connectivity index (χ2n) is 4.98. The van der Waals surface area contributed by atoms with Crippen molar-refractivity contribution in [3.63, 3.8) is 0 Å². The summed E-state index contributed by atoms with van der Waals surface area (Å²) in [4.78, 5) is 2.44. The Hall–Kier alpha value is -0.330. The van der Waals surface area contributed by atoms with Crippen molar-refractivity contribution in [3.05, 3.63) is 0 Å². The van der Waals surface area contributed by atoms with Crippen molar-refractivity contribution in [1.82, 2.24) is 10.2 Å². The lowest BCUT2D eigenvalue weighted by molar-refractivity contribution is -0.173. The minimum absolute atomic E-state index is 0.107. The topological polar surface area (TPSA) is 24.5 Å². The number of alkyl halides is 3. The summed E-state index contributed by atoms with van der Waals surface area (Å²) >= 11 is 0. The molecule has 0 aromatic carbocycles. The van der Waals surface area contributed by atoms with Gasteiger partial charge in [0.15, 0.2) is 0 Å². The van der Waals surface area contributed by atoms with Crippen LogP contribution in [0.4, 0.5) is 13.2 Å². The predicted octanol–water partition coefficient (Wildman–Crippen LogP) is 1.89. The standard InChI is InChI=1S/C12H23F3N2O/c1-11(9-17-5-2-3-6-17)8-16-4-7-18-10-12(13,14)15/h11,16H,2-10H2,1H3. The maximum atomic E-state index is 11.8. The van der Waals surface area contributed by atoms with E-state index in [4.69, 9.17) is 0 Å². The van der Waals surface area contributed by atoms with Crippen LogP contribution >= 0.6 is 0 Å². The van der Waals surface area contributed by atoms with Crippen molar-refractivity contribution < 1.29 is 17.9 Å². The first kappa shape index (κ1) is 15.7. The van der Waals surface area contributed by atoms with Gasteiger partial charge in [0.25, 0.3) is 0 Å². The van der Waals surface area contributed by atoms with Crippen LogP contribution in [0.3, 0.4) is 0 Å². The van der Waals surface area contributed by atoms with Crippen molar-refractivity contribution >= 4 is 0 Å². The molecule has 1 unspecified atom stereocenters. The molecule has 0 radical (unpaired) electrons. The summed E-state index contributed by atoms with van der Waals surface area (Å²) in [5.41, 5.74) is 0. The average Bonchev–Trinajstić information content (AvgIpc) is 2.74. The molecule has 108 valence electrons. The second-order valence-corrected chi connectivity index (χ2v) is 4.98. The summed E-state index contributed by atoms with van der Waals surface area (Å²) < 4.78 is 39.8. The van der Waals surface area contributed by atoms with Crippen molar-refractivity contribution in [2.75, 3.05) is 45.9 Å². The van der Waals surface area contributed by atoms with E-state index in [1.165, 1.54) is 25.9 Å². The second kappa shape index (κ2) is 7.96. The fourth-order valence-electron chi connectivity index (χ4n) is 2.15. The van der Waals surface area contributed by atoms with Gasteiger partial charge < -0.3 is 15.0 Å². The summed E-state index contributed by atoms with van der Waals surface area (Å²) in [7, 11) is 0. The van der Waals surface area contributed by atoms with E-state index in [9.17, 15) is 13.2 Å². The Kier molecular flexibility index (Phi) is 6.96. The van der Waals surface area contributed by atoms with Gasteiger partial charge in [-0.2, -0.15) is 13.2 Å². The van der Waals surface area contributed by atoms with Gasteiger partial charge in [-0.3, -0.25) is 0 Å². The molecule has 0 amide bonds. The Morgan fingerprint density at radius 1 is 1.28 bits per heavy atom. The van der Waals surface area contributed by atoms with Crippen molar-refractivity contribution in [3.8, 4) is 0 Å². The van der Waals surface area contributed by atoms with E-state index in [0.29, 0.717) is 12.5 Å². The van der Waals surface area contributed by atoms with Crippen LogP contribution in [-0.2, 0) is 4.74 Å². The smallest absolute Gasteiger partial charge is 0.371 e. The number of nitrogens with zero attached hydrogens (tertiary/aromatic N) is 1. The van der Waals surface area contributed by atoms with Crippen LogP contribution in [0.1, 0.15) is 19.8 Å². The van der Waals surface area contributed by atoms with Gasteiger partial charge in [-0.25, -0.2) is 0 Å². The molecule has 1 saturated heterocycles. The number of likely N-dealkylation sites (tertiary alicyclic amines) is 1. The highest BCUT2D eigenvalue weighted by atomic mass is 19.4. The molecule has 1 N–H and O–H groups in total. The van der Waals surface area contributed by atoms with Crippen molar-refractivity contribution in [2.24, 2.45) is 5.92 Å². The number of rotatable bonds is 8. The van der Waals surface area contributed by atoms with Gasteiger partial charge >= 0.3 is 6.18 Å². The van der Waals surface area contributed by atoms with E-state index in [1.54, 1.807) is 0 Å². The summed E-state index contributed by atoms with van der Waals surface area (Å²) in [6.07, 6.45) is -1.65.